The first-order chi connectivity index (χ1) is 9.08. The van der Waals surface area contributed by atoms with Crippen molar-refractivity contribution in [3.8, 4) is 0 Å². The summed E-state index contributed by atoms with van der Waals surface area (Å²) in [5.74, 6) is -0.260. The average molecular weight is 277 g/mol. The van der Waals surface area contributed by atoms with Crippen LogP contribution in [-0.2, 0) is 0 Å². The van der Waals surface area contributed by atoms with Gasteiger partial charge in [-0.15, -0.1) is 0 Å². The lowest BCUT2D eigenvalue weighted by Crippen LogP contribution is -2.27. The van der Waals surface area contributed by atoms with Crippen LogP contribution in [-0.4, -0.2) is 10.9 Å². The molecule has 4 nitrogen and oxygen atoms in total. The SMILES string of the molecule is C[C@H](NC(=O)c1ccc(=O)[nH]c1)c1ccccc1Cl. The van der Waals surface area contributed by atoms with Gasteiger partial charge in [0.25, 0.3) is 5.91 Å². The molecule has 0 unspecified atom stereocenters. The van der Waals surface area contributed by atoms with Crippen LogP contribution in [0.1, 0.15) is 28.9 Å². The van der Waals surface area contributed by atoms with Gasteiger partial charge >= 0.3 is 0 Å². The first-order valence-electron chi connectivity index (χ1n) is 5.82. The number of nitrogens with one attached hydrogen (secondary N) is 2. The second-order valence-corrected chi connectivity index (χ2v) is 4.57. The highest BCUT2D eigenvalue weighted by molar-refractivity contribution is 6.31. The number of halogens is 1. The van der Waals surface area contributed by atoms with Gasteiger partial charge in [-0.25, -0.2) is 0 Å². The third kappa shape index (κ3) is 3.23. The van der Waals surface area contributed by atoms with E-state index in [0.717, 1.165) is 5.56 Å². The van der Waals surface area contributed by atoms with E-state index in [1.165, 1.54) is 18.3 Å². The van der Waals surface area contributed by atoms with Crippen LogP contribution in [0.15, 0.2) is 47.4 Å². The Kier molecular flexibility index (Phi) is 4.02. The van der Waals surface area contributed by atoms with Crippen molar-refractivity contribution < 1.29 is 4.79 Å². The second kappa shape index (κ2) is 5.71. The number of hydrogen-bond donors (Lipinski definition) is 2. The molecule has 1 aromatic heterocycles. The number of carbonyl (C=O) groups excluding carboxylic acids is 1. The molecule has 1 amide bonds. The molecule has 0 aliphatic rings. The molecule has 2 aromatic rings. The molecule has 0 saturated carbocycles. The van der Waals surface area contributed by atoms with E-state index in [9.17, 15) is 9.59 Å². The predicted molar refractivity (Wildman–Crippen MR) is 74.4 cm³/mol. The zero-order valence-corrected chi connectivity index (χ0v) is 11.1. The molecule has 2 rings (SSSR count). The topological polar surface area (TPSA) is 62.0 Å². The molecule has 1 aromatic carbocycles. The summed E-state index contributed by atoms with van der Waals surface area (Å²) in [4.78, 5) is 25.4. The van der Waals surface area contributed by atoms with Gasteiger partial charge in [0.2, 0.25) is 5.56 Å². The van der Waals surface area contributed by atoms with E-state index < -0.39 is 0 Å². The Morgan fingerprint density at radius 3 is 2.63 bits per heavy atom. The molecule has 0 bridgehead atoms. The van der Waals surface area contributed by atoms with E-state index in [0.29, 0.717) is 10.6 Å². The van der Waals surface area contributed by atoms with Crippen LogP contribution >= 0.6 is 11.6 Å². The quantitative estimate of drug-likeness (QED) is 0.905. The molecule has 98 valence electrons. The zero-order valence-electron chi connectivity index (χ0n) is 10.3. The molecular formula is C14H13ClN2O2. The number of rotatable bonds is 3. The Labute approximate surface area is 115 Å². The van der Waals surface area contributed by atoms with Gasteiger partial charge in [-0.3, -0.25) is 9.59 Å². The van der Waals surface area contributed by atoms with Gasteiger partial charge in [0.1, 0.15) is 0 Å². The largest absolute Gasteiger partial charge is 0.345 e. The molecule has 1 heterocycles. The van der Waals surface area contributed by atoms with Gasteiger partial charge in [-0.1, -0.05) is 29.8 Å². The molecule has 0 aliphatic heterocycles. The molecule has 0 fully saturated rings. The minimum atomic E-state index is -0.260. The number of pyridine rings is 1. The van der Waals surface area contributed by atoms with Crippen molar-refractivity contribution in [3.63, 3.8) is 0 Å². The Hall–Kier alpha value is -2.07. The number of H-pyrrole nitrogens is 1. The first kappa shape index (κ1) is 13.4. The minimum Gasteiger partial charge on any atom is -0.345 e. The number of aromatic nitrogens is 1. The van der Waals surface area contributed by atoms with Gasteiger partial charge < -0.3 is 10.3 Å². The molecule has 0 saturated heterocycles. The van der Waals surface area contributed by atoms with Crippen molar-refractivity contribution in [3.05, 3.63) is 69.1 Å². The Balaban J connectivity index is 2.13. The maximum absolute atomic E-state index is 12.0. The van der Waals surface area contributed by atoms with Crippen LogP contribution in [0.3, 0.4) is 0 Å². The lowest BCUT2D eigenvalue weighted by molar-refractivity contribution is 0.0939. The average Bonchev–Trinajstić information content (AvgIpc) is 2.39. The van der Waals surface area contributed by atoms with Crippen molar-refractivity contribution in [2.45, 2.75) is 13.0 Å². The summed E-state index contributed by atoms with van der Waals surface area (Å²) in [6.45, 7) is 1.85. The van der Waals surface area contributed by atoms with Crippen LogP contribution in [0, 0.1) is 0 Å². The molecule has 5 heteroatoms. The fraction of sp³-hybridized carbons (Fsp3) is 0.143. The van der Waals surface area contributed by atoms with E-state index in [2.05, 4.69) is 10.3 Å². The third-order valence-corrected chi connectivity index (χ3v) is 3.11. The van der Waals surface area contributed by atoms with Crippen molar-refractivity contribution in [2.24, 2.45) is 0 Å². The monoisotopic (exact) mass is 276 g/mol. The number of amides is 1. The lowest BCUT2D eigenvalue weighted by Gasteiger charge is -2.15. The van der Waals surface area contributed by atoms with Gasteiger partial charge in [-0.05, 0) is 24.6 Å². The smallest absolute Gasteiger partial charge is 0.253 e. The van der Waals surface area contributed by atoms with Crippen molar-refractivity contribution in [2.75, 3.05) is 0 Å². The summed E-state index contributed by atoms with van der Waals surface area (Å²) in [6.07, 6.45) is 1.39. The molecule has 1 atom stereocenters. The normalized spacial score (nSPS) is 11.9. The van der Waals surface area contributed by atoms with Crippen molar-refractivity contribution in [1.29, 1.82) is 0 Å². The summed E-state index contributed by atoms with van der Waals surface area (Å²) in [7, 11) is 0. The van der Waals surface area contributed by atoms with Gasteiger partial charge in [0.15, 0.2) is 0 Å². The van der Waals surface area contributed by atoms with E-state index in [-0.39, 0.29) is 17.5 Å². The van der Waals surface area contributed by atoms with Gasteiger partial charge in [0, 0.05) is 17.3 Å². The molecular weight excluding hydrogens is 264 g/mol. The molecule has 19 heavy (non-hydrogen) atoms. The zero-order chi connectivity index (χ0) is 13.8. The summed E-state index contributed by atoms with van der Waals surface area (Å²) in [5.41, 5.74) is 1.01. The second-order valence-electron chi connectivity index (χ2n) is 4.16. The van der Waals surface area contributed by atoms with E-state index >= 15 is 0 Å². The van der Waals surface area contributed by atoms with Crippen LogP contribution in [0.4, 0.5) is 0 Å². The van der Waals surface area contributed by atoms with Crippen molar-refractivity contribution in [1.82, 2.24) is 10.3 Å². The Morgan fingerprint density at radius 1 is 1.26 bits per heavy atom. The van der Waals surface area contributed by atoms with Gasteiger partial charge in [-0.2, -0.15) is 0 Å². The minimum absolute atomic E-state index is 0.215. The van der Waals surface area contributed by atoms with Crippen LogP contribution in [0.2, 0.25) is 5.02 Å². The van der Waals surface area contributed by atoms with Gasteiger partial charge in [0.05, 0.1) is 11.6 Å². The fourth-order valence-corrected chi connectivity index (χ4v) is 2.04. The van der Waals surface area contributed by atoms with Crippen LogP contribution < -0.4 is 10.9 Å². The molecule has 0 radical (unpaired) electrons. The molecule has 2 N–H and O–H groups in total. The highest BCUT2D eigenvalue weighted by atomic mass is 35.5. The van der Waals surface area contributed by atoms with Crippen LogP contribution in [0.5, 0.6) is 0 Å². The Bertz CT molecular complexity index is 631. The third-order valence-electron chi connectivity index (χ3n) is 2.77. The highest BCUT2D eigenvalue weighted by Crippen LogP contribution is 2.22. The first-order valence-corrected chi connectivity index (χ1v) is 6.20. The van der Waals surface area contributed by atoms with Crippen molar-refractivity contribution >= 4 is 17.5 Å². The number of aromatic amines is 1. The maximum atomic E-state index is 12.0. The summed E-state index contributed by atoms with van der Waals surface area (Å²) in [5, 5.41) is 3.44. The highest BCUT2D eigenvalue weighted by Gasteiger charge is 2.13. The van der Waals surface area contributed by atoms with E-state index in [1.54, 1.807) is 6.07 Å². The standard InChI is InChI=1S/C14H13ClN2O2/c1-9(11-4-2-3-5-12(11)15)17-14(19)10-6-7-13(18)16-8-10/h2-9H,1H3,(H,16,18)(H,17,19)/t9-/m0/s1. The predicted octanol–water partition coefficient (Wildman–Crippen LogP) is 2.52. The Morgan fingerprint density at radius 2 is 2.00 bits per heavy atom. The van der Waals surface area contributed by atoms with E-state index in [4.69, 9.17) is 11.6 Å². The maximum Gasteiger partial charge on any atom is 0.253 e. The number of benzene rings is 1. The van der Waals surface area contributed by atoms with Crippen LogP contribution in [0.25, 0.3) is 0 Å². The fourth-order valence-electron chi connectivity index (χ4n) is 1.74. The lowest BCUT2D eigenvalue weighted by atomic mass is 10.1. The number of carbonyl (C=O) groups is 1. The summed E-state index contributed by atoms with van der Waals surface area (Å²) < 4.78 is 0. The molecule has 0 aliphatic carbocycles. The molecule has 0 spiro atoms. The summed E-state index contributed by atoms with van der Waals surface area (Å²) >= 11 is 6.07. The number of hydrogen-bond acceptors (Lipinski definition) is 2. The van der Waals surface area contributed by atoms with E-state index in [1.807, 2.05) is 25.1 Å². The summed E-state index contributed by atoms with van der Waals surface area (Å²) in [6, 6.07) is 9.92.